The highest BCUT2D eigenvalue weighted by molar-refractivity contribution is 5.70. The average Bonchev–Trinajstić information content (AvgIpc) is 2.39. The molecule has 0 unspecified atom stereocenters. The van der Waals surface area contributed by atoms with E-state index in [0.717, 1.165) is 11.4 Å². The van der Waals surface area contributed by atoms with Crippen LogP contribution in [0.25, 0.3) is 11.1 Å². The van der Waals surface area contributed by atoms with Gasteiger partial charge in [-0.2, -0.15) is 0 Å². The van der Waals surface area contributed by atoms with Gasteiger partial charge in [0.05, 0.1) is 12.8 Å². The maximum atomic E-state index is 5.36. The highest BCUT2D eigenvalue weighted by Crippen LogP contribution is 2.30. The molecule has 0 radical (unpaired) electrons. The Morgan fingerprint density at radius 3 is 2.18 bits per heavy atom. The third kappa shape index (κ3) is 2.41. The van der Waals surface area contributed by atoms with E-state index in [1.54, 1.807) is 7.11 Å². The molecule has 0 spiro atoms. The molecule has 88 valence electrons. The second kappa shape index (κ2) is 4.91. The van der Waals surface area contributed by atoms with E-state index in [2.05, 4.69) is 48.6 Å². The van der Waals surface area contributed by atoms with Crippen molar-refractivity contribution in [1.29, 1.82) is 0 Å². The first-order chi connectivity index (χ1) is 8.24. The predicted octanol–water partition coefficient (Wildman–Crippen LogP) is 3.71. The molecule has 0 fully saturated rings. The first-order valence-electron chi connectivity index (χ1n) is 5.67. The molecular formula is C15H17NO. The van der Waals surface area contributed by atoms with E-state index >= 15 is 0 Å². The third-order valence-corrected chi connectivity index (χ3v) is 2.86. The molecule has 0 saturated heterocycles. The van der Waals surface area contributed by atoms with Gasteiger partial charge in [-0.15, -0.1) is 0 Å². The number of aryl methyl sites for hydroxylation is 1. The van der Waals surface area contributed by atoms with Crippen LogP contribution in [0.5, 0.6) is 5.75 Å². The lowest BCUT2D eigenvalue weighted by atomic mass is 10.0. The van der Waals surface area contributed by atoms with Crippen LogP contribution >= 0.6 is 0 Å². The summed E-state index contributed by atoms with van der Waals surface area (Å²) in [4.78, 5) is 0. The molecule has 2 nitrogen and oxygen atoms in total. The largest absolute Gasteiger partial charge is 0.495 e. The van der Waals surface area contributed by atoms with Crippen molar-refractivity contribution in [3.05, 3.63) is 48.0 Å². The summed E-state index contributed by atoms with van der Waals surface area (Å²) < 4.78 is 5.36. The molecule has 2 heteroatoms. The van der Waals surface area contributed by atoms with Crippen molar-refractivity contribution in [3.63, 3.8) is 0 Å². The lowest BCUT2D eigenvalue weighted by Crippen LogP contribution is -1.93. The van der Waals surface area contributed by atoms with Crippen LogP contribution in [-0.4, -0.2) is 14.2 Å². The van der Waals surface area contributed by atoms with Gasteiger partial charge in [0.15, 0.2) is 0 Å². The first-order valence-corrected chi connectivity index (χ1v) is 5.67. The highest BCUT2D eigenvalue weighted by atomic mass is 16.5. The number of methoxy groups -OCH3 is 1. The molecule has 1 N–H and O–H groups in total. The Labute approximate surface area is 102 Å². The van der Waals surface area contributed by atoms with E-state index in [-0.39, 0.29) is 0 Å². The van der Waals surface area contributed by atoms with Crippen LogP contribution < -0.4 is 10.1 Å². The lowest BCUT2D eigenvalue weighted by molar-refractivity contribution is 0.417. The maximum absolute atomic E-state index is 5.36. The summed E-state index contributed by atoms with van der Waals surface area (Å²) >= 11 is 0. The van der Waals surface area contributed by atoms with E-state index in [1.165, 1.54) is 16.7 Å². The number of hydrogen-bond donors (Lipinski definition) is 1. The van der Waals surface area contributed by atoms with E-state index < -0.39 is 0 Å². The molecule has 0 saturated carbocycles. The molecule has 0 bridgehead atoms. The summed E-state index contributed by atoms with van der Waals surface area (Å²) in [5, 5.41) is 3.11. The lowest BCUT2D eigenvalue weighted by Gasteiger charge is -2.10. The molecule has 0 aliphatic rings. The molecule has 0 aliphatic carbocycles. The quantitative estimate of drug-likeness (QED) is 0.863. The van der Waals surface area contributed by atoms with Gasteiger partial charge in [-0.05, 0) is 30.2 Å². The molecule has 0 amide bonds. The summed E-state index contributed by atoms with van der Waals surface area (Å²) in [5.41, 5.74) is 4.65. The average molecular weight is 227 g/mol. The SMILES string of the molecule is CNc1ccc(-c2ccc(C)cc2)cc1OC. The molecule has 0 atom stereocenters. The minimum absolute atomic E-state index is 0.866. The minimum atomic E-state index is 0.866. The smallest absolute Gasteiger partial charge is 0.142 e. The van der Waals surface area contributed by atoms with Crippen molar-refractivity contribution in [2.75, 3.05) is 19.5 Å². The second-order valence-corrected chi connectivity index (χ2v) is 4.03. The summed E-state index contributed by atoms with van der Waals surface area (Å²) in [6.45, 7) is 2.09. The standard InChI is InChI=1S/C15H17NO/c1-11-4-6-12(7-5-11)13-8-9-14(16-2)15(10-13)17-3/h4-10,16H,1-3H3. The van der Waals surface area contributed by atoms with Gasteiger partial charge in [-0.1, -0.05) is 35.9 Å². The summed E-state index contributed by atoms with van der Waals surface area (Å²) in [5.74, 6) is 0.866. The van der Waals surface area contributed by atoms with E-state index in [4.69, 9.17) is 4.74 Å². The van der Waals surface area contributed by atoms with E-state index in [0.29, 0.717) is 0 Å². The van der Waals surface area contributed by atoms with Gasteiger partial charge < -0.3 is 10.1 Å². The molecular weight excluding hydrogens is 210 g/mol. The van der Waals surface area contributed by atoms with Crippen molar-refractivity contribution < 1.29 is 4.74 Å². The number of hydrogen-bond acceptors (Lipinski definition) is 2. The Morgan fingerprint density at radius 1 is 0.941 bits per heavy atom. The zero-order valence-electron chi connectivity index (χ0n) is 10.4. The maximum Gasteiger partial charge on any atom is 0.142 e. The number of nitrogens with one attached hydrogen (secondary N) is 1. The van der Waals surface area contributed by atoms with Gasteiger partial charge in [-0.3, -0.25) is 0 Å². The Morgan fingerprint density at radius 2 is 1.59 bits per heavy atom. The number of rotatable bonds is 3. The monoisotopic (exact) mass is 227 g/mol. The fourth-order valence-corrected chi connectivity index (χ4v) is 1.82. The third-order valence-electron chi connectivity index (χ3n) is 2.86. The van der Waals surface area contributed by atoms with Gasteiger partial charge >= 0.3 is 0 Å². The Balaban J connectivity index is 2.42. The molecule has 2 aromatic carbocycles. The van der Waals surface area contributed by atoms with Crippen LogP contribution in [-0.2, 0) is 0 Å². The fraction of sp³-hybridized carbons (Fsp3) is 0.200. The van der Waals surface area contributed by atoms with Gasteiger partial charge in [0.1, 0.15) is 5.75 Å². The Bertz CT molecular complexity index is 503. The van der Waals surface area contributed by atoms with Crippen LogP contribution in [0.3, 0.4) is 0 Å². The van der Waals surface area contributed by atoms with Crippen molar-refractivity contribution >= 4 is 5.69 Å². The summed E-state index contributed by atoms with van der Waals surface area (Å²) in [6, 6.07) is 14.7. The van der Waals surface area contributed by atoms with Gasteiger partial charge in [0.2, 0.25) is 0 Å². The van der Waals surface area contributed by atoms with Crippen molar-refractivity contribution in [2.45, 2.75) is 6.92 Å². The van der Waals surface area contributed by atoms with Crippen LogP contribution in [0.4, 0.5) is 5.69 Å². The highest BCUT2D eigenvalue weighted by Gasteiger charge is 2.04. The zero-order valence-corrected chi connectivity index (χ0v) is 10.4. The second-order valence-electron chi connectivity index (χ2n) is 4.03. The van der Waals surface area contributed by atoms with Crippen LogP contribution in [0.2, 0.25) is 0 Å². The fourth-order valence-electron chi connectivity index (χ4n) is 1.82. The molecule has 0 heterocycles. The molecule has 2 rings (SSSR count). The normalized spacial score (nSPS) is 10.1. The van der Waals surface area contributed by atoms with E-state index in [9.17, 15) is 0 Å². The van der Waals surface area contributed by atoms with Gasteiger partial charge in [0, 0.05) is 7.05 Å². The molecule has 0 aromatic heterocycles. The number of anilines is 1. The zero-order chi connectivity index (χ0) is 12.3. The predicted molar refractivity (Wildman–Crippen MR) is 72.7 cm³/mol. The number of benzene rings is 2. The molecule has 17 heavy (non-hydrogen) atoms. The Kier molecular flexibility index (Phi) is 3.33. The first kappa shape index (κ1) is 11.5. The Hall–Kier alpha value is -1.96. The topological polar surface area (TPSA) is 21.3 Å². The summed E-state index contributed by atoms with van der Waals surface area (Å²) in [7, 11) is 3.58. The van der Waals surface area contributed by atoms with E-state index in [1.807, 2.05) is 13.1 Å². The van der Waals surface area contributed by atoms with Gasteiger partial charge in [0.25, 0.3) is 0 Å². The minimum Gasteiger partial charge on any atom is -0.495 e. The van der Waals surface area contributed by atoms with Crippen molar-refractivity contribution in [3.8, 4) is 16.9 Å². The summed E-state index contributed by atoms with van der Waals surface area (Å²) in [6.07, 6.45) is 0. The number of ether oxygens (including phenoxy) is 1. The molecule has 0 aliphatic heterocycles. The van der Waals surface area contributed by atoms with Crippen LogP contribution in [0.1, 0.15) is 5.56 Å². The van der Waals surface area contributed by atoms with Crippen LogP contribution in [0.15, 0.2) is 42.5 Å². The van der Waals surface area contributed by atoms with Gasteiger partial charge in [-0.25, -0.2) is 0 Å². The molecule has 2 aromatic rings. The van der Waals surface area contributed by atoms with Crippen LogP contribution in [0, 0.1) is 6.92 Å². The van der Waals surface area contributed by atoms with Crippen molar-refractivity contribution in [2.24, 2.45) is 0 Å². The van der Waals surface area contributed by atoms with Crippen molar-refractivity contribution in [1.82, 2.24) is 0 Å².